The molecule has 0 aliphatic heterocycles. The van der Waals surface area contributed by atoms with Crippen LogP contribution in [0.2, 0.25) is 0 Å². The van der Waals surface area contributed by atoms with Crippen molar-refractivity contribution in [2.24, 2.45) is 0 Å². The van der Waals surface area contributed by atoms with Gasteiger partial charge in [-0.15, -0.1) is 0 Å². The molecule has 3 aromatic heterocycles. The van der Waals surface area contributed by atoms with Gasteiger partial charge < -0.3 is 8.83 Å². The number of hydrogen-bond donors (Lipinski definition) is 0. The minimum Gasteiger partial charge on any atom is -0.456 e. The second-order valence-corrected chi connectivity index (χ2v) is 15.8. The molecule has 10 aromatic carbocycles. The van der Waals surface area contributed by atoms with E-state index in [9.17, 15) is 0 Å². The normalized spacial score (nSPS) is 11.9. The summed E-state index contributed by atoms with van der Waals surface area (Å²) < 4.78 is 13.1. The highest BCUT2D eigenvalue weighted by Gasteiger charge is 2.19. The molecule has 0 N–H and O–H groups in total. The maximum Gasteiger partial charge on any atom is 0.227 e. The van der Waals surface area contributed by atoms with Crippen LogP contribution in [0.15, 0.2) is 203 Å². The summed E-state index contributed by atoms with van der Waals surface area (Å²) in [6.07, 6.45) is 0. The third-order valence-electron chi connectivity index (χ3n) is 12.1. The van der Waals surface area contributed by atoms with Gasteiger partial charge >= 0.3 is 0 Å². The van der Waals surface area contributed by atoms with E-state index in [0.717, 1.165) is 110 Å². The lowest BCUT2D eigenvalue weighted by Crippen LogP contribution is -2.00. The third kappa shape index (κ3) is 5.51. The van der Waals surface area contributed by atoms with Gasteiger partial charge in [-0.25, -0.2) is 19.9 Å². The summed E-state index contributed by atoms with van der Waals surface area (Å²) in [7, 11) is 0. The number of benzene rings is 10. The molecule has 0 saturated heterocycles. The minimum absolute atomic E-state index is 0.566. The zero-order valence-corrected chi connectivity index (χ0v) is 33.1. The smallest absolute Gasteiger partial charge is 0.227 e. The molecule has 0 radical (unpaired) electrons. The molecule has 13 rings (SSSR count). The first-order valence-electron chi connectivity index (χ1n) is 20.7. The van der Waals surface area contributed by atoms with Gasteiger partial charge in [-0.1, -0.05) is 146 Å². The Morgan fingerprint density at radius 1 is 0.306 bits per heavy atom. The van der Waals surface area contributed by atoms with Crippen molar-refractivity contribution in [3.05, 3.63) is 194 Å². The van der Waals surface area contributed by atoms with Gasteiger partial charge in [-0.2, -0.15) is 0 Å². The maximum atomic E-state index is 6.58. The maximum absolute atomic E-state index is 6.58. The topological polar surface area (TPSA) is 77.8 Å². The van der Waals surface area contributed by atoms with Crippen LogP contribution >= 0.6 is 0 Å². The van der Waals surface area contributed by atoms with E-state index in [1.54, 1.807) is 0 Å². The standard InChI is InChI=1S/C56H32N4O2/c1-3-10-33(11-4-1)38-22-27-44-45-28-24-41(32-49(45)61-48(44)31-38)54-58-53(59-55(60-54)46-17-9-15-34-12-7-8-16-42(34)46)40-23-26-43-39(30-40)21-20-35-18-19-36-25-29-47-52(51(36)50(35)43)62-56(57-47)37-13-5-2-6-14-37/h1-32H. The molecule has 0 saturated carbocycles. The average Bonchev–Trinajstić information content (AvgIpc) is 3.95. The van der Waals surface area contributed by atoms with Gasteiger partial charge in [-0.05, 0) is 92.0 Å². The van der Waals surface area contributed by atoms with Crippen LogP contribution in [0, 0.1) is 0 Å². The van der Waals surface area contributed by atoms with Crippen LogP contribution in [0.4, 0.5) is 0 Å². The molecule has 13 aromatic rings. The summed E-state index contributed by atoms with van der Waals surface area (Å²) in [5, 5.41) is 10.9. The predicted molar refractivity (Wildman–Crippen MR) is 252 cm³/mol. The van der Waals surface area contributed by atoms with E-state index in [4.69, 9.17) is 28.8 Å². The first-order chi connectivity index (χ1) is 30.7. The van der Waals surface area contributed by atoms with E-state index in [2.05, 4.69) is 152 Å². The Kier molecular flexibility index (Phi) is 7.50. The van der Waals surface area contributed by atoms with Crippen molar-refractivity contribution in [2.45, 2.75) is 0 Å². The van der Waals surface area contributed by atoms with Crippen LogP contribution in [0.1, 0.15) is 0 Å². The van der Waals surface area contributed by atoms with Gasteiger partial charge in [0, 0.05) is 43.8 Å². The molecule has 0 amide bonds. The minimum atomic E-state index is 0.566. The average molecular weight is 793 g/mol. The van der Waals surface area contributed by atoms with Crippen molar-refractivity contribution in [1.82, 2.24) is 19.9 Å². The first kappa shape index (κ1) is 34.4. The summed E-state index contributed by atoms with van der Waals surface area (Å²) in [5.74, 6) is 2.36. The van der Waals surface area contributed by atoms with Crippen LogP contribution < -0.4 is 0 Å². The van der Waals surface area contributed by atoms with E-state index in [0.29, 0.717) is 23.4 Å². The number of rotatable bonds is 5. The number of aromatic nitrogens is 4. The zero-order valence-electron chi connectivity index (χ0n) is 33.1. The largest absolute Gasteiger partial charge is 0.456 e. The number of furan rings is 1. The Hall–Kier alpha value is -8.48. The van der Waals surface area contributed by atoms with Crippen molar-refractivity contribution >= 4 is 76.1 Å². The number of nitrogens with zero attached hydrogens (tertiary/aromatic N) is 4. The number of hydrogen-bond acceptors (Lipinski definition) is 6. The van der Waals surface area contributed by atoms with Crippen LogP contribution in [0.5, 0.6) is 0 Å². The fourth-order valence-corrected chi connectivity index (χ4v) is 9.09. The zero-order chi connectivity index (χ0) is 40.7. The summed E-state index contributed by atoms with van der Waals surface area (Å²) in [5.41, 5.74) is 9.09. The Balaban J connectivity index is 0.985. The second kappa shape index (κ2) is 13.5. The number of oxazole rings is 1. The fourth-order valence-electron chi connectivity index (χ4n) is 9.09. The van der Waals surface area contributed by atoms with Crippen LogP contribution in [0.3, 0.4) is 0 Å². The van der Waals surface area contributed by atoms with E-state index in [1.165, 1.54) is 0 Å². The molecule has 0 aliphatic rings. The molecule has 0 unspecified atom stereocenters. The molecule has 288 valence electrons. The van der Waals surface area contributed by atoms with Crippen molar-refractivity contribution < 1.29 is 8.83 Å². The molecule has 0 aliphatic carbocycles. The Morgan fingerprint density at radius 2 is 0.887 bits per heavy atom. The summed E-state index contributed by atoms with van der Waals surface area (Å²) >= 11 is 0. The Bertz CT molecular complexity index is 3920. The number of fused-ring (bicyclic) bond motifs is 11. The molecular formula is C56H32N4O2. The highest BCUT2D eigenvalue weighted by atomic mass is 16.3. The van der Waals surface area contributed by atoms with Gasteiger partial charge in [0.15, 0.2) is 23.1 Å². The molecule has 6 heteroatoms. The lowest BCUT2D eigenvalue weighted by atomic mass is 9.95. The molecule has 62 heavy (non-hydrogen) atoms. The van der Waals surface area contributed by atoms with Crippen molar-refractivity contribution in [2.75, 3.05) is 0 Å². The van der Waals surface area contributed by atoms with E-state index in [-0.39, 0.29) is 0 Å². The lowest BCUT2D eigenvalue weighted by Gasteiger charge is -2.12. The van der Waals surface area contributed by atoms with Gasteiger partial charge in [0.05, 0.1) is 0 Å². The highest BCUT2D eigenvalue weighted by molar-refractivity contribution is 6.26. The highest BCUT2D eigenvalue weighted by Crippen LogP contribution is 2.40. The van der Waals surface area contributed by atoms with Gasteiger partial charge in [0.25, 0.3) is 0 Å². The predicted octanol–water partition coefficient (Wildman–Crippen LogP) is 14.9. The Morgan fingerprint density at radius 3 is 1.66 bits per heavy atom. The molecular weight excluding hydrogens is 761 g/mol. The molecule has 0 atom stereocenters. The summed E-state index contributed by atoms with van der Waals surface area (Å²) in [6.45, 7) is 0. The first-order valence-corrected chi connectivity index (χ1v) is 20.7. The molecule has 0 fully saturated rings. The monoisotopic (exact) mass is 792 g/mol. The van der Waals surface area contributed by atoms with Crippen molar-refractivity contribution in [3.8, 4) is 56.7 Å². The van der Waals surface area contributed by atoms with Crippen molar-refractivity contribution in [1.29, 1.82) is 0 Å². The lowest BCUT2D eigenvalue weighted by molar-refractivity contribution is 0.623. The van der Waals surface area contributed by atoms with Crippen molar-refractivity contribution in [3.63, 3.8) is 0 Å². The van der Waals surface area contributed by atoms with Crippen LogP contribution in [0.25, 0.3) is 133 Å². The van der Waals surface area contributed by atoms with E-state index >= 15 is 0 Å². The van der Waals surface area contributed by atoms with Gasteiger partial charge in [0.1, 0.15) is 16.7 Å². The third-order valence-corrected chi connectivity index (χ3v) is 12.1. The Labute approximate surface area is 354 Å². The SMILES string of the molecule is c1ccc(-c2ccc3c(c2)oc2cc(-c4nc(-c5ccc6c(ccc7ccc8ccc9nc(-c%10ccccc%10)oc9c8c76)c5)nc(-c5cccc6ccccc56)n4)ccc23)cc1. The fraction of sp³-hybridized carbons (Fsp3) is 0. The summed E-state index contributed by atoms with van der Waals surface area (Å²) in [6, 6.07) is 67.1. The quantitative estimate of drug-likeness (QED) is 0.162. The van der Waals surface area contributed by atoms with Crippen LogP contribution in [-0.4, -0.2) is 19.9 Å². The van der Waals surface area contributed by atoms with Gasteiger partial charge in [-0.3, -0.25) is 0 Å². The molecule has 0 spiro atoms. The summed E-state index contributed by atoms with van der Waals surface area (Å²) in [4.78, 5) is 20.5. The molecule has 3 heterocycles. The van der Waals surface area contributed by atoms with Gasteiger partial charge in [0.2, 0.25) is 5.89 Å². The van der Waals surface area contributed by atoms with E-state index in [1.807, 2.05) is 42.5 Å². The second-order valence-electron chi connectivity index (χ2n) is 15.8. The van der Waals surface area contributed by atoms with E-state index < -0.39 is 0 Å². The van der Waals surface area contributed by atoms with Crippen LogP contribution in [-0.2, 0) is 0 Å². The molecule has 0 bridgehead atoms. The molecule has 6 nitrogen and oxygen atoms in total.